The average Bonchev–Trinajstić information content (AvgIpc) is 3.30. The summed E-state index contributed by atoms with van der Waals surface area (Å²) in [5, 5.41) is 3.97. The van der Waals surface area contributed by atoms with Crippen molar-refractivity contribution < 1.29 is 4.42 Å². The molecule has 3 aromatic heterocycles. The van der Waals surface area contributed by atoms with Gasteiger partial charge in [0.1, 0.15) is 5.65 Å². The quantitative estimate of drug-likeness (QED) is 0.579. The van der Waals surface area contributed by atoms with Crippen LogP contribution in [0.25, 0.3) is 22.1 Å². The minimum Gasteiger partial charge on any atom is -0.408 e. The summed E-state index contributed by atoms with van der Waals surface area (Å²) in [5.41, 5.74) is 2.40. The van der Waals surface area contributed by atoms with Crippen molar-refractivity contribution in [2.75, 3.05) is 5.32 Å². The van der Waals surface area contributed by atoms with E-state index in [1.54, 1.807) is 41.1 Å². The second-order valence-electron chi connectivity index (χ2n) is 6.80. The van der Waals surface area contributed by atoms with E-state index < -0.39 is 5.76 Å². The maximum Gasteiger partial charge on any atom is 0.417 e. The average molecular weight is 363 g/mol. The molecule has 3 heterocycles. The van der Waals surface area contributed by atoms with Crippen molar-refractivity contribution in [2.24, 2.45) is 0 Å². The van der Waals surface area contributed by atoms with Gasteiger partial charge in [0.2, 0.25) is 5.95 Å². The van der Waals surface area contributed by atoms with Gasteiger partial charge in [-0.05, 0) is 37.1 Å². The highest BCUT2D eigenvalue weighted by Gasteiger charge is 2.20. The lowest BCUT2D eigenvalue weighted by Gasteiger charge is -2.16. The van der Waals surface area contributed by atoms with Crippen LogP contribution in [0.3, 0.4) is 0 Å². The highest BCUT2D eigenvalue weighted by molar-refractivity contribution is 5.79. The standard InChI is InChI=1S/C19H17N5O3/c25-16-8-5-11-10-20-18(23-17(11)24(16)13-3-1-2-4-13)21-12-6-7-15-14(9-12)22-19(26)27-15/h5-10,13H,1-4H2,(H,22,26)(H,20,21,23). The summed E-state index contributed by atoms with van der Waals surface area (Å²) in [4.78, 5) is 35.4. The van der Waals surface area contributed by atoms with Crippen LogP contribution in [0.5, 0.6) is 0 Å². The Kier molecular flexibility index (Phi) is 3.56. The molecule has 1 saturated carbocycles. The van der Waals surface area contributed by atoms with Gasteiger partial charge in [-0.3, -0.25) is 14.3 Å². The van der Waals surface area contributed by atoms with E-state index in [1.165, 1.54) is 0 Å². The molecule has 8 nitrogen and oxygen atoms in total. The largest absolute Gasteiger partial charge is 0.417 e. The van der Waals surface area contributed by atoms with Crippen molar-refractivity contribution in [3.05, 3.63) is 57.4 Å². The number of nitrogens with zero attached hydrogens (tertiary/aromatic N) is 3. The summed E-state index contributed by atoms with van der Waals surface area (Å²) in [6, 6.07) is 8.77. The van der Waals surface area contributed by atoms with Crippen molar-refractivity contribution in [3.8, 4) is 0 Å². The van der Waals surface area contributed by atoms with Crippen LogP contribution in [0.4, 0.5) is 11.6 Å². The van der Waals surface area contributed by atoms with E-state index in [2.05, 4.69) is 20.3 Å². The summed E-state index contributed by atoms with van der Waals surface area (Å²) in [6.07, 6.45) is 5.97. The molecule has 0 saturated heterocycles. The van der Waals surface area contributed by atoms with Gasteiger partial charge in [-0.25, -0.2) is 9.78 Å². The van der Waals surface area contributed by atoms with Crippen LogP contribution < -0.4 is 16.6 Å². The molecule has 0 atom stereocenters. The van der Waals surface area contributed by atoms with E-state index in [1.807, 2.05) is 0 Å². The van der Waals surface area contributed by atoms with Crippen LogP contribution in [0.15, 0.2) is 50.5 Å². The van der Waals surface area contributed by atoms with Crippen LogP contribution in [0.2, 0.25) is 0 Å². The normalized spacial score (nSPS) is 15.0. The van der Waals surface area contributed by atoms with E-state index in [9.17, 15) is 9.59 Å². The molecule has 1 aliphatic carbocycles. The predicted molar refractivity (Wildman–Crippen MR) is 101 cm³/mol. The van der Waals surface area contributed by atoms with Gasteiger partial charge in [0.25, 0.3) is 5.56 Å². The molecule has 136 valence electrons. The zero-order valence-electron chi connectivity index (χ0n) is 14.4. The smallest absolute Gasteiger partial charge is 0.408 e. The molecule has 0 bridgehead atoms. The van der Waals surface area contributed by atoms with E-state index in [0.717, 1.165) is 31.1 Å². The Hall–Kier alpha value is -3.42. The number of pyridine rings is 1. The third kappa shape index (κ3) is 2.79. The highest BCUT2D eigenvalue weighted by atomic mass is 16.4. The number of H-pyrrole nitrogens is 1. The number of nitrogens with one attached hydrogen (secondary N) is 2. The van der Waals surface area contributed by atoms with Crippen LogP contribution in [0.1, 0.15) is 31.7 Å². The SMILES string of the molecule is O=c1[nH]c2cc(Nc3ncc4ccc(=O)n(C5CCCC5)c4n3)ccc2o1. The Morgan fingerprint density at radius 1 is 1.15 bits per heavy atom. The summed E-state index contributed by atoms with van der Waals surface area (Å²) in [6.45, 7) is 0. The van der Waals surface area contributed by atoms with Crippen molar-refractivity contribution in [1.82, 2.24) is 19.5 Å². The zero-order chi connectivity index (χ0) is 18.4. The minimum absolute atomic E-state index is 0.0311. The topological polar surface area (TPSA) is 106 Å². The minimum atomic E-state index is -0.496. The third-order valence-corrected chi connectivity index (χ3v) is 5.03. The summed E-state index contributed by atoms with van der Waals surface area (Å²) in [5.74, 6) is -0.102. The van der Waals surface area contributed by atoms with Gasteiger partial charge in [-0.2, -0.15) is 4.98 Å². The molecule has 4 aromatic rings. The van der Waals surface area contributed by atoms with Gasteiger partial charge in [-0.1, -0.05) is 12.8 Å². The van der Waals surface area contributed by atoms with E-state index >= 15 is 0 Å². The number of oxazole rings is 1. The van der Waals surface area contributed by atoms with Gasteiger partial charge in [-0.15, -0.1) is 0 Å². The fourth-order valence-electron chi connectivity index (χ4n) is 3.77. The predicted octanol–water partition coefficient (Wildman–Crippen LogP) is 3.08. The fourth-order valence-corrected chi connectivity index (χ4v) is 3.77. The number of fused-ring (bicyclic) bond motifs is 2. The van der Waals surface area contributed by atoms with Gasteiger partial charge in [0.05, 0.1) is 5.52 Å². The van der Waals surface area contributed by atoms with Gasteiger partial charge < -0.3 is 9.73 Å². The number of anilines is 2. The Morgan fingerprint density at radius 3 is 2.85 bits per heavy atom. The van der Waals surface area contributed by atoms with Crippen LogP contribution in [-0.4, -0.2) is 19.5 Å². The molecule has 8 heteroatoms. The number of benzene rings is 1. The number of rotatable bonds is 3. The van der Waals surface area contributed by atoms with Crippen molar-refractivity contribution in [3.63, 3.8) is 0 Å². The van der Waals surface area contributed by atoms with Crippen LogP contribution in [-0.2, 0) is 0 Å². The van der Waals surface area contributed by atoms with E-state index in [0.29, 0.717) is 28.4 Å². The molecule has 0 amide bonds. The van der Waals surface area contributed by atoms with Gasteiger partial charge in [0, 0.05) is 29.4 Å². The second kappa shape index (κ2) is 6.08. The van der Waals surface area contributed by atoms with E-state index in [-0.39, 0.29) is 11.6 Å². The van der Waals surface area contributed by atoms with Crippen molar-refractivity contribution in [1.29, 1.82) is 0 Å². The molecule has 1 fully saturated rings. The lowest BCUT2D eigenvalue weighted by Crippen LogP contribution is -2.23. The molecule has 1 aromatic carbocycles. The molecular weight excluding hydrogens is 346 g/mol. The van der Waals surface area contributed by atoms with Crippen LogP contribution in [0, 0.1) is 0 Å². The van der Waals surface area contributed by atoms with E-state index in [4.69, 9.17) is 4.42 Å². The lowest BCUT2D eigenvalue weighted by atomic mass is 10.2. The molecule has 5 rings (SSSR count). The number of hydrogen-bond donors (Lipinski definition) is 2. The maximum atomic E-state index is 12.5. The fraction of sp³-hybridized carbons (Fsp3) is 0.263. The Labute approximate surface area is 152 Å². The summed E-state index contributed by atoms with van der Waals surface area (Å²) in [7, 11) is 0. The lowest BCUT2D eigenvalue weighted by molar-refractivity contribution is 0.516. The first-order valence-corrected chi connectivity index (χ1v) is 8.95. The highest BCUT2D eigenvalue weighted by Crippen LogP contribution is 2.30. The first kappa shape index (κ1) is 15.8. The molecule has 0 unspecified atom stereocenters. The Morgan fingerprint density at radius 2 is 2.00 bits per heavy atom. The first-order valence-electron chi connectivity index (χ1n) is 8.95. The molecule has 2 N–H and O–H groups in total. The Balaban J connectivity index is 1.57. The third-order valence-electron chi connectivity index (χ3n) is 5.03. The number of hydrogen-bond acceptors (Lipinski definition) is 6. The second-order valence-corrected chi connectivity index (χ2v) is 6.80. The van der Waals surface area contributed by atoms with Crippen molar-refractivity contribution >= 4 is 33.8 Å². The van der Waals surface area contributed by atoms with Crippen LogP contribution >= 0.6 is 0 Å². The monoisotopic (exact) mass is 363 g/mol. The molecular formula is C19H17N5O3. The van der Waals surface area contributed by atoms with Gasteiger partial charge in [0.15, 0.2) is 5.58 Å². The zero-order valence-corrected chi connectivity index (χ0v) is 14.4. The molecule has 0 spiro atoms. The number of aromatic nitrogens is 4. The molecule has 27 heavy (non-hydrogen) atoms. The molecule has 1 aliphatic rings. The number of aromatic amines is 1. The summed E-state index contributed by atoms with van der Waals surface area (Å²) >= 11 is 0. The Bertz CT molecular complexity index is 1260. The summed E-state index contributed by atoms with van der Waals surface area (Å²) < 4.78 is 6.81. The molecule has 0 aliphatic heterocycles. The van der Waals surface area contributed by atoms with Gasteiger partial charge >= 0.3 is 5.76 Å². The van der Waals surface area contributed by atoms with Crippen molar-refractivity contribution in [2.45, 2.75) is 31.7 Å². The maximum absolute atomic E-state index is 12.5. The first-order chi connectivity index (χ1) is 13.2. The molecule has 0 radical (unpaired) electrons.